The van der Waals surface area contributed by atoms with Crippen molar-refractivity contribution in [2.75, 3.05) is 26.2 Å². The van der Waals surface area contributed by atoms with E-state index in [9.17, 15) is 9.59 Å². The normalized spacial score (nSPS) is 15.7. The van der Waals surface area contributed by atoms with Gasteiger partial charge in [-0.3, -0.25) is 9.59 Å². The van der Waals surface area contributed by atoms with Gasteiger partial charge in [-0.25, -0.2) is 0 Å². The van der Waals surface area contributed by atoms with E-state index in [1.165, 1.54) is 0 Å². The van der Waals surface area contributed by atoms with Crippen molar-refractivity contribution in [1.82, 2.24) is 15.0 Å². The van der Waals surface area contributed by atoms with Crippen molar-refractivity contribution in [3.63, 3.8) is 0 Å². The topological polar surface area (TPSA) is 66.7 Å². The average molecular weight is 265 g/mol. The summed E-state index contributed by atoms with van der Waals surface area (Å²) in [5, 5.41) is 3.73. The highest BCUT2D eigenvalue weighted by Crippen LogP contribution is 2.10. The van der Waals surface area contributed by atoms with E-state index in [1.807, 2.05) is 11.8 Å². The number of carbonyl (C=O) groups is 2. The smallest absolute Gasteiger partial charge is 0.276 e. The molecule has 104 valence electrons. The molecule has 2 rings (SSSR count). The molecule has 0 radical (unpaired) electrons. The first kappa shape index (κ1) is 13.6. The number of rotatable bonds is 3. The largest absolute Gasteiger partial charge is 0.361 e. The third-order valence-electron chi connectivity index (χ3n) is 3.23. The number of nitrogens with zero attached hydrogens (tertiary/aromatic N) is 3. The van der Waals surface area contributed by atoms with Crippen LogP contribution < -0.4 is 0 Å². The van der Waals surface area contributed by atoms with Gasteiger partial charge in [0.05, 0.1) is 0 Å². The summed E-state index contributed by atoms with van der Waals surface area (Å²) in [5.74, 6) is 0.673. The van der Waals surface area contributed by atoms with Gasteiger partial charge in [0.1, 0.15) is 5.76 Å². The van der Waals surface area contributed by atoms with Crippen LogP contribution in [0.25, 0.3) is 0 Å². The van der Waals surface area contributed by atoms with Crippen molar-refractivity contribution in [3.8, 4) is 0 Å². The lowest BCUT2D eigenvalue weighted by Gasteiger charge is -2.34. The molecule has 19 heavy (non-hydrogen) atoms. The molecular weight excluding hydrogens is 246 g/mol. The maximum absolute atomic E-state index is 12.1. The number of hydrogen-bond acceptors (Lipinski definition) is 4. The molecule has 0 N–H and O–H groups in total. The van der Waals surface area contributed by atoms with Crippen molar-refractivity contribution >= 4 is 11.8 Å². The van der Waals surface area contributed by atoms with Gasteiger partial charge in [-0.2, -0.15) is 0 Å². The fourth-order valence-electron chi connectivity index (χ4n) is 2.16. The summed E-state index contributed by atoms with van der Waals surface area (Å²) in [6.45, 7) is 6.05. The van der Waals surface area contributed by atoms with Crippen molar-refractivity contribution in [1.29, 1.82) is 0 Å². The van der Waals surface area contributed by atoms with Gasteiger partial charge in [0.15, 0.2) is 5.69 Å². The molecule has 0 unspecified atom stereocenters. The lowest BCUT2D eigenvalue weighted by molar-refractivity contribution is -0.132. The Morgan fingerprint density at radius 1 is 1.26 bits per heavy atom. The second kappa shape index (κ2) is 5.86. The second-order valence-corrected chi connectivity index (χ2v) is 4.75. The maximum Gasteiger partial charge on any atom is 0.276 e. The van der Waals surface area contributed by atoms with Crippen molar-refractivity contribution < 1.29 is 14.1 Å². The van der Waals surface area contributed by atoms with E-state index in [-0.39, 0.29) is 11.8 Å². The molecule has 0 spiro atoms. The average Bonchev–Trinajstić information content (AvgIpc) is 2.85. The highest BCUT2D eigenvalue weighted by Gasteiger charge is 2.25. The molecular formula is C13H19N3O3. The first-order valence-corrected chi connectivity index (χ1v) is 6.62. The predicted octanol–water partition coefficient (Wildman–Crippen LogP) is 1.07. The minimum Gasteiger partial charge on any atom is -0.361 e. The van der Waals surface area contributed by atoms with Gasteiger partial charge in [0, 0.05) is 38.7 Å². The number of amides is 2. The molecule has 6 heteroatoms. The van der Waals surface area contributed by atoms with E-state index in [0.717, 1.165) is 6.42 Å². The lowest BCUT2D eigenvalue weighted by Crippen LogP contribution is -2.50. The molecule has 1 aliphatic heterocycles. The Bertz CT molecular complexity index is 461. The first-order valence-electron chi connectivity index (χ1n) is 6.62. The minimum atomic E-state index is -0.126. The van der Waals surface area contributed by atoms with Crippen LogP contribution in [0.1, 0.15) is 36.0 Å². The van der Waals surface area contributed by atoms with Crippen LogP contribution in [0.2, 0.25) is 0 Å². The van der Waals surface area contributed by atoms with Gasteiger partial charge in [-0.1, -0.05) is 12.1 Å². The van der Waals surface area contributed by atoms with Crippen LogP contribution in [-0.2, 0) is 4.79 Å². The Kier molecular flexibility index (Phi) is 4.19. The van der Waals surface area contributed by atoms with Gasteiger partial charge in [-0.15, -0.1) is 0 Å². The van der Waals surface area contributed by atoms with Gasteiger partial charge < -0.3 is 14.3 Å². The maximum atomic E-state index is 12.1. The third kappa shape index (κ3) is 3.13. The summed E-state index contributed by atoms with van der Waals surface area (Å²) in [4.78, 5) is 27.4. The molecule has 1 aromatic heterocycles. The molecule has 6 nitrogen and oxygen atoms in total. The van der Waals surface area contributed by atoms with Crippen molar-refractivity contribution in [3.05, 3.63) is 17.5 Å². The van der Waals surface area contributed by atoms with Gasteiger partial charge >= 0.3 is 0 Å². The SMILES string of the molecule is CCCC(=O)N1CCN(C(=O)c2cc(C)on2)CC1. The van der Waals surface area contributed by atoms with Crippen LogP contribution in [0.3, 0.4) is 0 Å². The second-order valence-electron chi connectivity index (χ2n) is 4.75. The Labute approximate surface area is 112 Å². The highest BCUT2D eigenvalue weighted by molar-refractivity contribution is 5.92. The quantitative estimate of drug-likeness (QED) is 0.820. The molecule has 1 aliphatic rings. The number of carbonyl (C=O) groups excluding carboxylic acids is 2. The Morgan fingerprint density at radius 3 is 2.42 bits per heavy atom. The fraction of sp³-hybridized carbons (Fsp3) is 0.615. The molecule has 2 heterocycles. The van der Waals surface area contributed by atoms with Crippen molar-refractivity contribution in [2.24, 2.45) is 0 Å². The third-order valence-corrected chi connectivity index (χ3v) is 3.23. The van der Waals surface area contributed by atoms with E-state index in [4.69, 9.17) is 4.52 Å². The van der Waals surface area contributed by atoms with E-state index in [1.54, 1.807) is 17.9 Å². The van der Waals surface area contributed by atoms with Gasteiger partial charge in [0.2, 0.25) is 5.91 Å². The molecule has 0 bridgehead atoms. The summed E-state index contributed by atoms with van der Waals surface area (Å²) < 4.78 is 4.91. The Morgan fingerprint density at radius 2 is 1.89 bits per heavy atom. The van der Waals surface area contributed by atoms with Crippen molar-refractivity contribution in [2.45, 2.75) is 26.7 Å². The zero-order chi connectivity index (χ0) is 13.8. The number of piperazine rings is 1. The summed E-state index contributed by atoms with van der Waals surface area (Å²) in [6.07, 6.45) is 1.44. The number of hydrogen-bond donors (Lipinski definition) is 0. The summed E-state index contributed by atoms with van der Waals surface area (Å²) in [5.41, 5.74) is 0.339. The molecule has 0 saturated carbocycles. The zero-order valence-corrected chi connectivity index (χ0v) is 11.4. The lowest BCUT2D eigenvalue weighted by atomic mass is 10.2. The molecule has 1 fully saturated rings. The highest BCUT2D eigenvalue weighted by atomic mass is 16.5. The number of aryl methyl sites for hydroxylation is 1. The zero-order valence-electron chi connectivity index (χ0n) is 11.4. The summed E-state index contributed by atoms with van der Waals surface area (Å²) in [6, 6.07) is 1.64. The molecule has 0 aliphatic carbocycles. The number of aromatic nitrogens is 1. The summed E-state index contributed by atoms with van der Waals surface area (Å²) >= 11 is 0. The predicted molar refractivity (Wildman–Crippen MR) is 68.6 cm³/mol. The molecule has 1 saturated heterocycles. The molecule has 0 aromatic carbocycles. The van der Waals surface area contributed by atoms with E-state index >= 15 is 0 Å². The molecule has 1 aromatic rings. The van der Waals surface area contributed by atoms with Crippen LogP contribution in [0.15, 0.2) is 10.6 Å². The molecule has 2 amide bonds. The van der Waals surface area contributed by atoms with E-state index in [0.29, 0.717) is 44.1 Å². The van der Waals surface area contributed by atoms with Crippen LogP contribution in [0.5, 0.6) is 0 Å². The molecule has 0 atom stereocenters. The Balaban J connectivity index is 1.89. The monoisotopic (exact) mass is 265 g/mol. The van der Waals surface area contributed by atoms with Crippen LogP contribution >= 0.6 is 0 Å². The summed E-state index contributed by atoms with van der Waals surface area (Å²) in [7, 11) is 0. The van der Waals surface area contributed by atoms with E-state index in [2.05, 4.69) is 5.16 Å². The van der Waals surface area contributed by atoms with Gasteiger partial charge in [-0.05, 0) is 13.3 Å². The Hall–Kier alpha value is -1.85. The first-order chi connectivity index (χ1) is 9.11. The fourth-order valence-corrected chi connectivity index (χ4v) is 2.16. The van der Waals surface area contributed by atoms with E-state index < -0.39 is 0 Å². The van der Waals surface area contributed by atoms with Gasteiger partial charge in [0.25, 0.3) is 5.91 Å². The van der Waals surface area contributed by atoms with Crippen LogP contribution in [-0.4, -0.2) is 52.9 Å². The standard InChI is InChI=1S/C13H19N3O3/c1-3-4-12(17)15-5-7-16(8-6-15)13(18)11-9-10(2)19-14-11/h9H,3-8H2,1-2H3. The van der Waals surface area contributed by atoms with Crippen LogP contribution in [0, 0.1) is 6.92 Å². The van der Waals surface area contributed by atoms with Crippen LogP contribution in [0.4, 0.5) is 0 Å². The minimum absolute atomic E-state index is 0.126.